The summed E-state index contributed by atoms with van der Waals surface area (Å²) in [5, 5.41) is 2.95. The second kappa shape index (κ2) is 14.4. The van der Waals surface area contributed by atoms with Gasteiger partial charge in [-0.05, 0) is 80.6 Å². The number of benzene rings is 3. The Morgan fingerprint density at radius 2 is 1.48 bits per heavy atom. The van der Waals surface area contributed by atoms with Gasteiger partial charge in [0, 0.05) is 12.6 Å². The van der Waals surface area contributed by atoms with E-state index in [1.807, 2.05) is 45.0 Å². The summed E-state index contributed by atoms with van der Waals surface area (Å²) >= 11 is 0. The lowest BCUT2D eigenvalue weighted by molar-refractivity contribution is -0.139. The zero-order chi connectivity index (χ0) is 31.0. The second-order valence-electron chi connectivity index (χ2n) is 10.9. The fourth-order valence-corrected chi connectivity index (χ4v) is 5.78. The zero-order valence-corrected chi connectivity index (χ0v) is 26.4. The highest BCUT2D eigenvalue weighted by Crippen LogP contribution is 2.27. The van der Waals surface area contributed by atoms with E-state index < -0.39 is 28.5 Å². The first-order chi connectivity index (χ1) is 19.9. The van der Waals surface area contributed by atoms with Crippen molar-refractivity contribution in [2.24, 2.45) is 0 Å². The lowest BCUT2D eigenvalue weighted by Gasteiger charge is -2.32. The molecule has 0 spiro atoms. The van der Waals surface area contributed by atoms with Gasteiger partial charge in [-0.25, -0.2) is 8.42 Å². The van der Waals surface area contributed by atoms with Gasteiger partial charge in [0.2, 0.25) is 11.8 Å². The van der Waals surface area contributed by atoms with Crippen molar-refractivity contribution < 1.29 is 22.7 Å². The number of hydrogen-bond acceptors (Lipinski definition) is 5. The number of carbonyl (C=O) groups excluding carboxylic acids is 2. The normalized spacial score (nSPS) is 12.9. The van der Waals surface area contributed by atoms with Crippen LogP contribution in [0.3, 0.4) is 0 Å². The van der Waals surface area contributed by atoms with E-state index in [-0.39, 0.29) is 29.3 Å². The molecule has 0 aliphatic carbocycles. The van der Waals surface area contributed by atoms with E-state index in [1.54, 1.807) is 62.6 Å². The molecule has 42 heavy (non-hydrogen) atoms. The molecule has 0 aliphatic heterocycles. The first-order valence-corrected chi connectivity index (χ1v) is 15.7. The monoisotopic (exact) mass is 593 g/mol. The van der Waals surface area contributed by atoms with Crippen LogP contribution in [0.15, 0.2) is 77.7 Å². The average molecular weight is 594 g/mol. The maximum atomic E-state index is 14.1. The van der Waals surface area contributed by atoms with Crippen molar-refractivity contribution in [2.75, 3.05) is 18.0 Å². The molecule has 1 N–H and O–H groups in total. The smallest absolute Gasteiger partial charge is 0.264 e. The van der Waals surface area contributed by atoms with E-state index >= 15 is 0 Å². The van der Waals surface area contributed by atoms with Gasteiger partial charge in [0.25, 0.3) is 10.0 Å². The van der Waals surface area contributed by atoms with Crippen LogP contribution in [0.1, 0.15) is 63.6 Å². The summed E-state index contributed by atoms with van der Waals surface area (Å²) in [5.74, 6) is 0.119. The molecule has 0 aliphatic rings. The van der Waals surface area contributed by atoms with Gasteiger partial charge in [0.05, 0.1) is 17.7 Å². The van der Waals surface area contributed by atoms with Crippen molar-refractivity contribution in [3.8, 4) is 5.75 Å². The molecule has 226 valence electrons. The van der Waals surface area contributed by atoms with E-state index in [4.69, 9.17) is 4.74 Å². The van der Waals surface area contributed by atoms with Crippen LogP contribution >= 0.6 is 0 Å². The molecule has 0 bridgehead atoms. The van der Waals surface area contributed by atoms with Crippen molar-refractivity contribution in [2.45, 2.75) is 77.4 Å². The molecular formula is C33H43N3O5S. The second-order valence-corrected chi connectivity index (χ2v) is 12.8. The van der Waals surface area contributed by atoms with Gasteiger partial charge in [-0.2, -0.15) is 0 Å². The number of carbonyl (C=O) groups is 2. The summed E-state index contributed by atoms with van der Waals surface area (Å²) < 4.78 is 34.4. The number of nitrogens with zero attached hydrogens (tertiary/aromatic N) is 2. The summed E-state index contributed by atoms with van der Waals surface area (Å²) in [4.78, 5) is 28.8. The number of nitrogens with one attached hydrogen (secondary N) is 1. The molecule has 2 atom stereocenters. The van der Waals surface area contributed by atoms with Crippen LogP contribution in [0, 0.1) is 6.92 Å². The minimum atomic E-state index is -4.11. The molecular weight excluding hydrogens is 550 g/mol. The number of methoxy groups -OCH3 is 1. The van der Waals surface area contributed by atoms with E-state index in [1.165, 1.54) is 4.90 Å². The first kappa shape index (κ1) is 32.7. The summed E-state index contributed by atoms with van der Waals surface area (Å²) in [5.41, 5.74) is 3.12. The van der Waals surface area contributed by atoms with Gasteiger partial charge >= 0.3 is 0 Å². The van der Waals surface area contributed by atoms with Crippen molar-refractivity contribution in [3.63, 3.8) is 0 Å². The molecule has 9 heteroatoms. The Morgan fingerprint density at radius 3 is 2.00 bits per heavy atom. The van der Waals surface area contributed by atoms with Gasteiger partial charge in [-0.1, -0.05) is 62.7 Å². The van der Waals surface area contributed by atoms with Crippen molar-refractivity contribution in [3.05, 3.63) is 89.5 Å². The lowest BCUT2D eigenvalue weighted by atomic mass is 10.0. The van der Waals surface area contributed by atoms with Crippen LogP contribution < -0.4 is 14.4 Å². The van der Waals surface area contributed by atoms with E-state index in [0.29, 0.717) is 11.4 Å². The lowest BCUT2D eigenvalue weighted by Crippen LogP contribution is -2.52. The minimum Gasteiger partial charge on any atom is -0.497 e. The van der Waals surface area contributed by atoms with Gasteiger partial charge in [-0.3, -0.25) is 13.9 Å². The predicted octanol–water partition coefficient (Wildman–Crippen LogP) is 5.65. The molecule has 0 heterocycles. The Bertz CT molecular complexity index is 1440. The molecule has 0 fully saturated rings. The van der Waals surface area contributed by atoms with Crippen LogP contribution in [0.2, 0.25) is 0 Å². The molecule has 3 aromatic rings. The van der Waals surface area contributed by atoms with Crippen molar-refractivity contribution in [1.29, 1.82) is 0 Å². The summed E-state index contributed by atoms with van der Waals surface area (Å²) in [6.45, 7) is 11.2. The van der Waals surface area contributed by atoms with Gasteiger partial charge < -0.3 is 15.0 Å². The van der Waals surface area contributed by atoms with Crippen LogP contribution in [0.5, 0.6) is 5.75 Å². The Labute approximate surface area is 250 Å². The minimum absolute atomic E-state index is 0.0734. The molecule has 8 nitrogen and oxygen atoms in total. The van der Waals surface area contributed by atoms with E-state index in [9.17, 15) is 18.0 Å². The fraction of sp³-hybridized carbons (Fsp3) is 0.394. The highest BCUT2D eigenvalue weighted by Gasteiger charge is 2.32. The molecule has 2 amide bonds. The van der Waals surface area contributed by atoms with E-state index in [2.05, 4.69) is 19.2 Å². The molecule has 0 radical (unpaired) electrons. The first-order valence-electron chi connectivity index (χ1n) is 14.3. The summed E-state index contributed by atoms with van der Waals surface area (Å²) in [7, 11) is -2.54. The molecule has 3 rings (SSSR count). The topological polar surface area (TPSA) is 96.0 Å². The Hall–Kier alpha value is -3.85. The molecule has 3 aromatic carbocycles. The maximum absolute atomic E-state index is 14.1. The summed E-state index contributed by atoms with van der Waals surface area (Å²) in [6.07, 6.45) is 0.736. The number of ether oxygens (including phenoxy) is 1. The number of hydrogen-bond donors (Lipinski definition) is 1. The SMILES string of the molecule is CC[C@@H](C)NC(=O)[C@@H](C)N(Cc1ccc(OC)cc1)C(=O)CN(c1ccc(C(C)C)cc1)S(=O)(=O)c1ccc(C)cc1. The molecule has 0 saturated carbocycles. The van der Waals surface area contributed by atoms with Crippen LogP contribution in [0.25, 0.3) is 0 Å². The van der Waals surface area contributed by atoms with Crippen LogP contribution in [0.4, 0.5) is 5.69 Å². The van der Waals surface area contributed by atoms with Crippen LogP contribution in [-0.2, 0) is 26.2 Å². The molecule has 0 unspecified atom stereocenters. The zero-order valence-electron chi connectivity index (χ0n) is 25.6. The van der Waals surface area contributed by atoms with Crippen molar-refractivity contribution >= 4 is 27.5 Å². The quantitative estimate of drug-likeness (QED) is 0.276. The fourth-order valence-electron chi connectivity index (χ4n) is 4.37. The largest absolute Gasteiger partial charge is 0.497 e. The van der Waals surface area contributed by atoms with E-state index in [0.717, 1.165) is 27.4 Å². The van der Waals surface area contributed by atoms with Gasteiger partial charge in [0.15, 0.2) is 0 Å². The Balaban J connectivity index is 2.03. The third kappa shape index (κ3) is 8.12. The third-order valence-electron chi connectivity index (χ3n) is 7.42. The number of rotatable bonds is 13. The average Bonchev–Trinajstić information content (AvgIpc) is 2.98. The third-order valence-corrected chi connectivity index (χ3v) is 9.20. The highest BCUT2D eigenvalue weighted by molar-refractivity contribution is 7.92. The number of aryl methyl sites for hydroxylation is 1. The van der Waals surface area contributed by atoms with Gasteiger partial charge in [-0.15, -0.1) is 0 Å². The predicted molar refractivity (Wildman–Crippen MR) is 167 cm³/mol. The number of amides is 2. The summed E-state index contributed by atoms with van der Waals surface area (Å²) in [6, 6.07) is 20.0. The van der Waals surface area contributed by atoms with Crippen molar-refractivity contribution in [1.82, 2.24) is 10.2 Å². The Morgan fingerprint density at radius 1 is 0.881 bits per heavy atom. The molecule has 0 saturated heterocycles. The standard InChI is InChI=1S/C33H43N3O5S/c1-8-25(5)34-33(38)26(6)35(21-27-11-17-30(41-7)18-12-27)32(37)22-36(29-15-13-28(14-16-29)23(2)3)42(39,40)31-19-9-24(4)10-20-31/h9-20,23,25-26H,8,21-22H2,1-7H3,(H,34,38)/t25-,26-/m1/s1. The number of anilines is 1. The highest BCUT2D eigenvalue weighted by atomic mass is 32.2. The maximum Gasteiger partial charge on any atom is 0.264 e. The Kier molecular flexibility index (Phi) is 11.2. The number of sulfonamides is 1. The van der Waals surface area contributed by atoms with Gasteiger partial charge in [0.1, 0.15) is 18.3 Å². The molecule has 0 aromatic heterocycles. The van der Waals surface area contributed by atoms with Crippen LogP contribution in [-0.4, -0.2) is 50.9 Å².